The van der Waals surface area contributed by atoms with E-state index in [1.54, 1.807) is 81.4 Å². The molecule has 0 spiro atoms. The number of nitrogens with two attached hydrogens (primary N) is 2. The van der Waals surface area contributed by atoms with Gasteiger partial charge in [0, 0.05) is 45.3 Å². The maximum Gasteiger partial charge on any atom is 0.246 e. The van der Waals surface area contributed by atoms with Crippen LogP contribution in [0.5, 0.6) is 5.75 Å². The van der Waals surface area contributed by atoms with Crippen molar-refractivity contribution in [2.45, 2.75) is 178 Å². The number of nitrogens with zero attached hydrogens (tertiary/aromatic N) is 2. The zero-order chi connectivity index (χ0) is 68.6. The predicted molar refractivity (Wildman–Crippen MR) is 351 cm³/mol. The van der Waals surface area contributed by atoms with Gasteiger partial charge in [0.1, 0.15) is 72.0 Å². The van der Waals surface area contributed by atoms with Crippen molar-refractivity contribution in [3.05, 3.63) is 137 Å². The molecule has 7 rings (SSSR count). The summed E-state index contributed by atoms with van der Waals surface area (Å²) in [5.74, 6) is -10.1. The van der Waals surface area contributed by atoms with E-state index < -0.39 is 144 Å². The number of carbonyl (C=O) groups excluding carboxylic acids is 11. The molecule has 4 aromatic carbocycles. The van der Waals surface area contributed by atoms with Crippen LogP contribution in [0.25, 0.3) is 0 Å². The Kier molecular flexibility index (Phi) is 28.0. The number of aromatic hydroxyl groups is 1. The van der Waals surface area contributed by atoms with Crippen molar-refractivity contribution >= 4 is 65.0 Å². The average molecular weight is 1310 g/mol. The number of halogens is 1. The van der Waals surface area contributed by atoms with Gasteiger partial charge in [0.25, 0.3) is 0 Å². The van der Waals surface area contributed by atoms with Crippen LogP contribution < -0.4 is 59.3 Å². The standard InChI is InChI=1S/C69H92FN13O12/c1-4-34-73-58(85)41-54-63(89)76-51(38-45-24-28-47(70)29-25-45)62(88)77-53(39-46-26-30-48(84)31-27-46)64(90)81-59(42(2)3)67(93)75-50(21-13-33-72)68(94)82-35-14-23-57(82)66(92)80-55(40-44-18-9-6-10-19-44)69(95)83-36-15-22-56(83)65(91)79-52(37-43-16-7-5-8-17-43)61(87)74-49(60(86)78-54)20-11-12-32-71/h5-10,16-19,24-31,42,49-57,59,84H,4,11-15,20-23,32-41,71-72H2,1-3H3,(H,73,85)(H,74,87)(H,75,93)(H,76,89)(H,77,88)(H,78,86)(H,79,91)(H,80,92)(H,81,90)/t49-,50+,51+,52+,53+,54-,55-,56+,57+,59+/m1/s1. The van der Waals surface area contributed by atoms with Crippen molar-refractivity contribution in [2.75, 3.05) is 32.7 Å². The normalized spacial score (nSPS) is 24.2. The fraction of sp³-hybridized carbons (Fsp3) is 0.493. The second-order valence-corrected chi connectivity index (χ2v) is 24.9. The summed E-state index contributed by atoms with van der Waals surface area (Å²) < 4.78 is 14.4. The third kappa shape index (κ3) is 21.6. The molecule has 3 aliphatic heterocycles. The second kappa shape index (κ2) is 36.4. The van der Waals surface area contributed by atoms with E-state index in [9.17, 15) is 52.6 Å². The van der Waals surface area contributed by atoms with Gasteiger partial charge in [-0.05, 0) is 130 Å². The van der Waals surface area contributed by atoms with E-state index in [2.05, 4.69) is 47.9 Å². The molecule has 14 N–H and O–H groups in total. The molecule has 0 saturated carbocycles. The zero-order valence-electron chi connectivity index (χ0n) is 54.3. The molecule has 0 radical (unpaired) electrons. The van der Waals surface area contributed by atoms with E-state index in [0.29, 0.717) is 47.9 Å². The van der Waals surface area contributed by atoms with E-state index in [0.717, 1.165) is 12.1 Å². The van der Waals surface area contributed by atoms with Crippen LogP contribution in [0.4, 0.5) is 4.39 Å². The van der Waals surface area contributed by atoms with Crippen LogP contribution in [0.2, 0.25) is 0 Å². The minimum atomic E-state index is -1.74. The van der Waals surface area contributed by atoms with Crippen LogP contribution in [0, 0.1) is 11.7 Å². The van der Waals surface area contributed by atoms with Crippen LogP contribution in [-0.4, -0.2) is 173 Å². The van der Waals surface area contributed by atoms with Crippen molar-refractivity contribution in [2.24, 2.45) is 17.4 Å². The van der Waals surface area contributed by atoms with Gasteiger partial charge >= 0.3 is 0 Å². The fourth-order valence-corrected chi connectivity index (χ4v) is 12.0. The highest BCUT2D eigenvalue weighted by atomic mass is 19.1. The van der Waals surface area contributed by atoms with Gasteiger partial charge in [-0.15, -0.1) is 0 Å². The lowest BCUT2D eigenvalue weighted by molar-refractivity contribution is -0.145. The molecule has 95 heavy (non-hydrogen) atoms. The highest BCUT2D eigenvalue weighted by molar-refractivity contribution is 6.01. The lowest BCUT2D eigenvalue weighted by atomic mass is 9.99. The first-order valence-corrected chi connectivity index (χ1v) is 33.0. The predicted octanol–water partition coefficient (Wildman–Crippen LogP) is 1.12. The summed E-state index contributed by atoms with van der Waals surface area (Å²) in [7, 11) is 0. The van der Waals surface area contributed by atoms with E-state index in [-0.39, 0.29) is 103 Å². The molecule has 3 fully saturated rings. The zero-order valence-corrected chi connectivity index (χ0v) is 54.3. The molecular formula is C69H92FN13O12. The van der Waals surface area contributed by atoms with E-state index in [1.807, 2.05) is 0 Å². The summed E-state index contributed by atoms with van der Waals surface area (Å²) in [5, 5.41) is 35.1. The summed E-state index contributed by atoms with van der Waals surface area (Å²) in [6.07, 6.45) is 1.18. The van der Waals surface area contributed by atoms with E-state index in [1.165, 1.54) is 46.2 Å². The SMILES string of the molecule is CCCNC(=O)C[C@H]1NC(=O)[C@@H](CCCCN)NC(=O)[C@H](Cc2ccccc2)NC(=O)[C@@H]2CCCN2C(=O)[C@@H](Cc2ccccc2)NC(=O)[C@@H]2CCCN2C(=O)[C@H](CCCN)NC(=O)[C@H](C(C)C)NC(=O)[C@H](Cc2ccc(O)cc2)NC(=O)[C@H](Cc2ccc(F)cc2)NC1=O. The fourth-order valence-electron chi connectivity index (χ4n) is 12.0. The number of fused-ring (bicyclic) bond motifs is 2. The topological polar surface area (TPSA) is 375 Å². The smallest absolute Gasteiger partial charge is 0.246 e. The van der Waals surface area contributed by atoms with Gasteiger partial charge in [-0.2, -0.15) is 0 Å². The number of unbranched alkanes of at least 4 members (excludes halogenated alkanes) is 1. The van der Waals surface area contributed by atoms with Crippen molar-refractivity contribution in [3.63, 3.8) is 0 Å². The van der Waals surface area contributed by atoms with Crippen molar-refractivity contribution in [1.29, 1.82) is 0 Å². The number of hydrogen-bond donors (Lipinski definition) is 12. The average Bonchev–Trinajstić information content (AvgIpc) is 1.65. The molecule has 0 unspecified atom stereocenters. The van der Waals surface area contributed by atoms with Crippen LogP contribution in [-0.2, 0) is 78.4 Å². The van der Waals surface area contributed by atoms with Gasteiger partial charge in [-0.1, -0.05) is 106 Å². The highest BCUT2D eigenvalue weighted by Crippen LogP contribution is 2.24. The first-order valence-electron chi connectivity index (χ1n) is 33.0. The second-order valence-electron chi connectivity index (χ2n) is 24.9. The third-order valence-electron chi connectivity index (χ3n) is 17.2. The maximum absolute atomic E-state index is 15.1. The Balaban J connectivity index is 1.32. The number of rotatable bonds is 20. The Morgan fingerprint density at radius 3 is 1.40 bits per heavy atom. The van der Waals surface area contributed by atoms with Gasteiger partial charge in [-0.3, -0.25) is 52.7 Å². The molecule has 0 bridgehead atoms. The molecule has 10 atom stereocenters. The Morgan fingerprint density at radius 1 is 0.495 bits per heavy atom. The third-order valence-corrected chi connectivity index (χ3v) is 17.2. The largest absolute Gasteiger partial charge is 0.508 e. The van der Waals surface area contributed by atoms with Crippen molar-refractivity contribution in [3.8, 4) is 5.75 Å². The van der Waals surface area contributed by atoms with E-state index >= 15 is 9.59 Å². The van der Waals surface area contributed by atoms with Crippen molar-refractivity contribution < 1.29 is 62.2 Å². The van der Waals surface area contributed by atoms with Crippen LogP contribution in [0.3, 0.4) is 0 Å². The van der Waals surface area contributed by atoms with Crippen LogP contribution in [0.15, 0.2) is 109 Å². The summed E-state index contributed by atoms with van der Waals surface area (Å²) in [5.41, 5.74) is 13.9. The molecule has 3 aliphatic rings. The lowest BCUT2D eigenvalue weighted by Gasteiger charge is -2.33. The van der Waals surface area contributed by atoms with Crippen LogP contribution in [0.1, 0.15) is 114 Å². The van der Waals surface area contributed by atoms with Crippen LogP contribution >= 0.6 is 0 Å². The molecular weight excluding hydrogens is 1220 g/mol. The minimum absolute atomic E-state index is 0.0109. The molecule has 26 heteroatoms. The number of hydrogen-bond acceptors (Lipinski definition) is 14. The molecule has 11 amide bonds. The number of phenols is 1. The Bertz CT molecular complexity index is 3270. The van der Waals surface area contributed by atoms with Gasteiger partial charge < -0.3 is 74.2 Å². The summed E-state index contributed by atoms with van der Waals surface area (Å²) in [4.78, 5) is 166. The first kappa shape index (κ1) is 73.1. The quantitative estimate of drug-likeness (QED) is 0.0552. The molecule has 512 valence electrons. The molecule has 3 heterocycles. The number of phenolic OH excluding ortho intramolecular Hbond substituents is 1. The number of amides is 11. The molecule has 0 aromatic heterocycles. The van der Waals surface area contributed by atoms with Gasteiger partial charge in [-0.25, -0.2) is 4.39 Å². The maximum atomic E-state index is 15.1. The molecule has 0 aliphatic carbocycles. The highest BCUT2D eigenvalue weighted by Gasteiger charge is 2.44. The van der Waals surface area contributed by atoms with Crippen molar-refractivity contribution in [1.82, 2.24) is 57.7 Å². The lowest BCUT2D eigenvalue weighted by Crippen LogP contribution is -2.62. The molecule has 25 nitrogen and oxygen atoms in total. The summed E-state index contributed by atoms with van der Waals surface area (Å²) in [6, 6.07) is 14.6. The first-order chi connectivity index (χ1) is 45.7. The summed E-state index contributed by atoms with van der Waals surface area (Å²) >= 11 is 0. The van der Waals surface area contributed by atoms with Gasteiger partial charge in [0.2, 0.25) is 65.0 Å². The number of nitrogens with one attached hydrogen (secondary N) is 9. The molecule has 3 saturated heterocycles. The molecule has 4 aromatic rings. The van der Waals surface area contributed by atoms with Gasteiger partial charge in [0.15, 0.2) is 0 Å². The number of benzene rings is 4. The minimum Gasteiger partial charge on any atom is -0.508 e. The Labute approximate surface area is 553 Å². The Morgan fingerprint density at radius 2 is 0.895 bits per heavy atom. The van der Waals surface area contributed by atoms with E-state index in [4.69, 9.17) is 11.5 Å². The van der Waals surface area contributed by atoms with Gasteiger partial charge in [0.05, 0.1) is 6.42 Å². The summed E-state index contributed by atoms with van der Waals surface area (Å²) in [6.45, 7) is 5.83. The number of carbonyl (C=O) groups is 11. The Hall–Kier alpha value is -9.30. The monoisotopic (exact) mass is 1310 g/mol.